The Labute approximate surface area is 223 Å². The molecule has 0 spiro atoms. The summed E-state index contributed by atoms with van der Waals surface area (Å²) in [5.41, 5.74) is 4.51. The average Bonchev–Trinajstić information content (AvgIpc) is 3.70. The Balaban J connectivity index is 1.26. The first-order valence-corrected chi connectivity index (χ1v) is 14.6. The average molecular weight is 504 g/mol. The van der Waals surface area contributed by atoms with Crippen molar-refractivity contribution in [2.75, 3.05) is 46.4 Å². The molecule has 1 aliphatic carbocycles. The maximum Gasteiger partial charge on any atom is 0.251 e. The van der Waals surface area contributed by atoms with Gasteiger partial charge in [0, 0.05) is 38.2 Å². The number of piperidine rings is 1. The highest BCUT2D eigenvalue weighted by Crippen LogP contribution is 2.31. The Bertz CT molecular complexity index is 1030. The molecule has 2 aliphatic heterocycles. The fraction of sp³-hybridized carbons (Fsp3) is 0.594. The van der Waals surface area contributed by atoms with E-state index in [1.807, 2.05) is 12.1 Å². The minimum atomic E-state index is 0.0239. The first-order chi connectivity index (χ1) is 18.1. The fourth-order valence-electron chi connectivity index (χ4n) is 6.01. The van der Waals surface area contributed by atoms with Crippen molar-refractivity contribution in [1.29, 1.82) is 0 Å². The number of carbonyl (C=O) groups excluding carboxylic acids is 1. The number of likely N-dealkylation sites (tertiary alicyclic amines) is 1. The molecule has 200 valence electrons. The molecule has 5 heteroatoms. The third kappa shape index (κ3) is 8.05. The van der Waals surface area contributed by atoms with Crippen LogP contribution in [0, 0.1) is 11.8 Å². The molecule has 5 nitrogen and oxygen atoms in total. The second kappa shape index (κ2) is 12.9. The van der Waals surface area contributed by atoms with E-state index in [1.165, 1.54) is 69.3 Å². The van der Waals surface area contributed by atoms with Crippen molar-refractivity contribution >= 4 is 5.91 Å². The molecule has 1 unspecified atom stereocenters. The third-order valence-corrected chi connectivity index (χ3v) is 8.26. The lowest BCUT2D eigenvalue weighted by Crippen LogP contribution is -2.34. The number of ether oxygens (including phenoxy) is 1. The summed E-state index contributed by atoms with van der Waals surface area (Å²) >= 11 is 0. The van der Waals surface area contributed by atoms with Gasteiger partial charge >= 0.3 is 0 Å². The molecule has 37 heavy (non-hydrogen) atoms. The molecule has 1 amide bonds. The van der Waals surface area contributed by atoms with Crippen LogP contribution in [0.3, 0.4) is 0 Å². The molecular weight excluding hydrogens is 458 g/mol. The lowest BCUT2D eigenvalue weighted by atomic mass is 9.95. The number of amides is 1. The summed E-state index contributed by atoms with van der Waals surface area (Å²) in [5, 5.41) is 3.18. The summed E-state index contributed by atoms with van der Waals surface area (Å²) < 4.78 is 6.26. The summed E-state index contributed by atoms with van der Waals surface area (Å²) in [4.78, 5) is 18.1. The van der Waals surface area contributed by atoms with Gasteiger partial charge in [0.1, 0.15) is 5.75 Å². The van der Waals surface area contributed by atoms with Crippen LogP contribution >= 0.6 is 0 Å². The van der Waals surface area contributed by atoms with Crippen LogP contribution in [0.1, 0.15) is 78.4 Å². The van der Waals surface area contributed by atoms with E-state index in [0.29, 0.717) is 5.92 Å². The first-order valence-electron chi connectivity index (χ1n) is 14.6. The smallest absolute Gasteiger partial charge is 0.251 e. The van der Waals surface area contributed by atoms with E-state index in [0.717, 1.165) is 68.3 Å². The van der Waals surface area contributed by atoms with Gasteiger partial charge in [-0.05, 0) is 118 Å². The van der Waals surface area contributed by atoms with Crippen LogP contribution in [0.4, 0.5) is 0 Å². The fourth-order valence-corrected chi connectivity index (χ4v) is 6.01. The number of benzene rings is 2. The monoisotopic (exact) mass is 503 g/mol. The molecule has 0 aromatic heterocycles. The SMILES string of the molecule is CN1CCCC(CCNC(=O)c2ccc3c(c2)Cc2cccc(c2)CN(CC2CC2)CCCCCO3)C1. The van der Waals surface area contributed by atoms with Crippen molar-refractivity contribution in [1.82, 2.24) is 15.1 Å². The van der Waals surface area contributed by atoms with Crippen molar-refractivity contribution in [3.63, 3.8) is 0 Å². The van der Waals surface area contributed by atoms with E-state index < -0.39 is 0 Å². The zero-order chi connectivity index (χ0) is 25.5. The topological polar surface area (TPSA) is 44.8 Å². The second-order valence-corrected chi connectivity index (χ2v) is 11.7. The molecule has 0 radical (unpaired) electrons. The third-order valence-electron chi connectivity index (χ3n) is 8.26. The molecule has 1 N–H and O–H groups in total. The lowest BCUT2D eigenvalue weighted by molar-refractivity contribution is 0.0948. The minimum Gasteiger partial charge on any atom is -0.493 e. The normalized spacial score (nSPS) is 21.9. The molecular formula is C32H45N3O2. The van der Waals surface area contributed by atoms with Crippen LogP contribution in [0.15, 0.2) is 42.5 Å². The number of rotatable bonds is 6. The summed E-state index contributed by atoms with van der Waals surface area (Å²) in [7, 11) is 2.20. The van der Waals surface area contributed by atoms with E-state index in [2.05, 4.69) is 52.5 Å². The van der Waals surface area contributed by atoms with Crippen molar-refractivity contribution in [2.45, 2.75) is 64.3 Å². The van der Waals surface area contributed by atoms with Gasteiger partial charge in [0.05, 0.1) is 6.61 Å². The van der Waals surface area contributed by atoms with Crippen LogP contribution < -0.4 is 10.1 Å². The van der Waals surface area contributed by atoms with E-state index >= 15 is 0 Å². The zero-order valence-corrected chi connectivity index (χ0v) is 22.7. The van der Waals surface area contributed by atoms with Gasteiger partial charge in [-0.2, -0.15) is 0 Å². The quantitative estimate of drug-likeness (QED) is 0.564. The van der Waals surface area contributed by atoms with Crippen LogP contribution in [0.5, 0.6) is 5.75 Å². The number of nitrogens with one attached hydrogen (secondary N) is 1. The van der Waals surface area contributed by atoms with Gasteiger partial charge in [-0.1, -0.05) is 24.3 Å². The van der Waals surface area contributed by atoms with Gasteiger partial charge in [0.15, 0.2) is 0 Å². The van der Waals surface area contributed by atoms with E-state index in [9.17, 15) is 4.79 Å². The minimum absolute atomic E-state index is 0.0239. The Morgan fingerprint density at radius 1 is 0.973 bits per heavy atom. The molecule has 2 heterocycles. The molecule has 3 aliphatic rings. The molecule has 5 rings (SSSR count). The number of carbonyl (C=O) groups is 1. The van der Waals surface area contributed by atoms with E-state index in [4.69, 9.17) is 4.74 Å². The van der Waals surface area contributed by atoms with Crippen molar-refractivity contribution in [3.05, 3.63) is 64.7 Å². The molecule has 2 aromatic rings. The van der Waals surface area contributed by atoms with Crippen molar-refractivity contribution < 1.29 is 9.53 Å². The standard InChI is InChI=1S/C32H45N3O2/c1-34-16-6-9-25(22-34)14-15-33-32(36)29-12-13-31-30(21-29)20-27-7-5-8-28(19-27)24-35(23-26-10-11-26)17-3-2-4-18-37-31/h5,7-8,12-13,19,21,25-26H,2-4,6,9-11,14-18,20,22-24H2,1H3,(H,33,36). The lowest BCUT2D eigenvalue weighted by Gasteiger charge is -2.29. The van der Waals surface area contributed by atoms with Crippen LogP contribution in [0.2, 0.25) is 0 Å². The summed E-state index contributed by atoms with van der Waals surface area (Å²) in [6.45, 7) is 7.26. The van der Waals surface area contributed by atoms with E-state index in [-0.39, 0.29) is 5.91 Å². The van der Waals surface area contributed by atoms with Gasteiger partial charge in [0.2, 0.25) is 0 Å². The number of hydrogen-bond donors (Lipinski definition) is 1. The van der Waals surface area contributed by atoms with Gasteiger partial charge < -0.3 is 15.0 Å². The zero-order valence-electron chi connectivity index (χ0n) is 22.7. The Hall–Kier alpha value is -2.37. The Kier molecular flexibility index (Phi) is 9.17. The molecule has 2 bridgehead atoms. The summed E-state index contributed by atoms with van der Waals surface area (Å²) in [6, 6.07) is 15.0. The van der Waals surface area contributed by atoms with Gasteiger partial charge in [-0.15, -0.1) is 0 Å². The van der Waals surface area contributed by atoms with Crippen LogP contribution in [-0.2, 0) is 13.0 Å². The highest BCUT2D eigenvalue weighted by atomic mass is 16.5. The molecule has 2 aromatic carbocycles. The molecule has 1 saturated heterocycles. The number of hydrogen-bond acceptors (Lipinski definition) is 4. The maximum absolute atomic E-state index is 13.0. The van der Waals surface area contributed by atoms with E-state index in [1.54, 1.807) is 0 Å². The highest BCUT2D eigenvalue weighted by molar-refractivity contribution is 5.94. The Morgan fingerprint density at radius 3 is 2.73 bits per heavy atom. The number of nitrogens with zero attached hydrogens (tertiary/aromatic N) is 2. The van der Waals surface area contributed by atoms with Crippen molar-refractivity contribution in [3.8, 4) is 5.75 Å². The second-order valence-electron chi connectivity index (χ2n) is 11.7. The Morgan fingerprint density at radius 2 is 1.86 bits per heavy atom. The first kappa shape index (κ1) is 26.2. The van der Waals surface area contributed by atoms with Gasteiger partial charge in [-0.3, -0.25) is 9.69 Å². The maximum atomic E-state index is 13.0. The largest absolute Gasteiger partial charge is 0.493 e. The number of fused-ring (bicyclic) bond motifs is 3. The van der Waals surface area contributed by atoms with Gasteiger partial charge in [-0.25, -0.2) is 0 Å². The van der Waals surface area contributed by atoms with Crippen LogP contribution in [-0.4, -0.2) is 62.1 Å². The molecule has 2 fully saturated rings. The summed E-state index contributed by atoms with van der Waals surface area (Å²) in [5.74, 6) is 2.53. The van der Waals surface area contributed by atoms with Crippen molar-refractivity contribution in [2.24, 2.45) is 11.8 Å². The molecule has 1 atom stereocenters. The predicted octanol–water partition coefficient (Wildman–Crippen LogP) is 5.51. The van der Waals surface area contributed by atoms with Crippen LogP contribution in [0.25, 0.3) is 0 Å². The molecule has 1 saturated carbocycles. The highest BCUT2D eigenvalue weighted by Gasteiger charge is 2.24. The van der Waals surface area contributed by atoms with Gasteiger partial charge in [0.25, 0.3) is 5.91 Å². The predicted molar refractivity (Wildman–Crippen MR) is 150 cm³/mol. The summed E-state index contributed by atoms with van der Waals surface area (Å²) in [6.07, 6.45) is 10.6.